The summed E-state index contributed by atoms with van der Waals surface area (Å²) in [5.41, 5.74) is 1.36. The molecule has 1 fully saturated rings. The monoisotopic (exact) mass is 290 g/mol. The van der Waals surface area contributed by atoms with E-state index < -0.39 is 0 Å². The summed E-state index contributed by atoms with van der Waals surface area (Å²) in [6.07, 6.45) is 1.57. The minimum Gasteiger partial charge on any atom is -0.393 e. The van der Waals surface area contributed by atoms with Crippen molar-refractivity contribution in [3.63, 3.8) is 0 Å². The van der Waals surface area contributed by atoms with Gasteiger partial charge in [-0.1, -0.05) is 18.5 Å². The van der Waals surface area contributed by atoms with Gasteiger partial charge in [0.2, 0.25) is 5.69 Å². The van der Waals surface area contributed by atoms with E-state index in [0.717, 1.165) is 0 Å². The number of hydrogen-bond donors (Lipinski definition) is 1. The lowest BCUT2D eigenvalue weighted by Gasteiger charge is -2.32. The van der Waals surface area contributed by atoms with Crippen LogP contribution in [0.4, 0.5) is 11.5 Å². The number of hydrogen-bond acceptors (Lipinski definition) is 4. The molecule has 1 aliphatic rings. The van der Waals surface area contributed by atoms with Crippen LogP contribution >= 0.6 is 11.6 Å². The van der Waals surface area contributed by atoms with Gasteiger partial charge in [0.05, 0.1) is 18.2 Å². The lowest BCUT2D eigenvalue weighted by Crippen LogP contribution is -2.36. The van der Waals surface area contributed by atoms with Crippen LogP contribution in [0.3, 0.4) is 0 Å². The summed E-state index contributed by atoms with van der Waals surface area (Å²) in [6.45, 7) is 10.6. The Morgan fingerprint density at radius 2 is 2.20 bits per heavy atom. The summed E-state index contributed by atoms with van der Waals surface area (Å²) in [7, 11) is 0. The number of piperidine rings is 1. The Morgan fingerprint density at radius 1 is 1.55 bits per heavy atom. The van der Waals surface area contributed by atoms with E-state index in [0.29, 0.717) is 55.0 Å². The molecule has 1 aromatic rings. The van der Waals surface area contributed by atoms with E-state index in [4.69, 9.17) is 23.4 Å². The van der Waals surface area contributed by atoms with Crippen molar-refractivity contribution >= 4 is 23.1 Å². The Morgan fingerprint density at radius 3 is 2.70 bits per heavy atom. The van der Waals surface area contributed by atoms with Crippen LogP contribution in [0.1, 0.15) is 30.9 Å². The molecule has 104 valence electrons. The number of aliphatic hydroxyl groups excluding tert-OH is 1. The summed E-state index contributed by atoms with van der Waals surface area (Å²) in [4.78, 5) is 9.77. The maximum absolute atomic E-state index is 9.56. The Hall–Kier alpha value is -1.82. The number of halogens is 1. The molecule has 5 nitrogen and oxygen atoms in total. The smallest absolute Gasteiger partial charge is 0.232 e. The molecule has 0 aromatic carbocycles. The van der Waals surface area contributed by atoms with Crippen LogP contribution in [0.15, 0.2) is 0 Å². The van der Waals surface area contributed by atoms with Crippen molar-refractivity contribution in [3.8, 4) is 6.07 Å². The topological polar surface area (TPSA) is 64.5 Å². The number of aromatic nitrogens is 1. The van der Waals surface area contributed by atoms with Gasteiger partial charge in [0.15, 0.2) is 0 Å². The highest BCUT2D eigenvalue weighted by Crippen LogP contribution is 2.37. The van der Waals surface area contributed by atoms with Crippen molar-refractivity contribution in [2.45, 2.75) is 32.3 Å². The average molecular weight is 291 g/mol. The molecule has 0 radical (unpaired) electrons. The molecule has 6 heteroatoms. The summed E-state index contributed by atoms with van der Waals surface area (Å²) in [5, 5.41) is 18.9. The molecule has 2 rings (SSSR count). The van der Waals surface area contributed by atoms with Crippen molar-refractivity contribution in [3.05, 3.63) is 27.7 Å². The van der Waals surface area contributed by atoms with Crippen LogP contribution in [0.2, 0.25) is 5.15 Å². The molecule has 0 atom stereocenters. The van der Waals surface area contributed by atoms with Gasteiger partial charge in [0.1, 0.15) is 17.0 Å². The van der Waals surface area contributed by atoms with Gasteiger partial charge < -0.3 is 10.0 Å². The van der Waals surface area contributed by atoms with Gasteiger partial charge in [-0.25, -0.2) is 9.83 Å². The highest BCUT2D eigenvalue weighted by Gasteiger charge is 2.25. The third-order valence-corrected chi connectivity index (χ3v) is 3.82. The standard InChI is InChI=1S/C14H15ClN4O/c1-3-10-11(8-16)13(15)18-14(12(10)17-2)19-6-4-9(20)5-7-19/h9,20H,3-7H2,1H3. The average Bonchev–Trinajstić information content (AvgIpc) is 2.46. The van der Waals surface area contributed by atoms with Gasteiger partial charge in [-0.2, -0.15) is 5.26 Å². The third-order valence-electron chi connectivity index (χ3n) is 3.55. The highest BCUT2D eigenvalue weighted by molar-refractivity contribution is 6.31. The number of anilines is 1. The largest absolute Gasteiger partial charge is 0.393 e. The van der Waals surface area contributed by atoms with Crippen LogP contribution in [0.5, 0.6) is 0 Å². The molecular formula is C14H15ClN4O. The number of nitrogens with zero attached hydrogens (tertiary/aromatic N) is 4. The van der Waals surface area contributed by atoms with Crippen LogP contribution in [0, 0.1) is 17.9 Å². The Labute approximate surface area is 123 Å². The molecule has 0 unspecified atom stereocenters. The van der Waals surface area contributed by atoms with Gasteiger partial charge in [0, 0.05) is 13.1 Å². The maximum Gasteiger partial charge on any atom is 0.232 e. The number of pyridine rings is 1. The first-order chi connectivity index (χ1) is 9.62. The number of rotatable bonds is 2. The van der Waals surface area contributed by atoms with E-state index >= 15 is 0 Å². The van der Waals surface area contributed by atoms with Gasteiger partial charge >= 0.3 is 0 Å². The van der Waals surface area contributed by atoms with Crippen LogP contribution in [-0.2, 0) is 6.42 Å². The zero-order chi connectivity index (χ0) is 14.7. The molecule has 0 aliphatic carbocycles. The Bertz CT molecular complexity index is 595. The SMILES string of the molecule is [C-]#[N+]c1c(N2CCC(O)CC2)nc(Cl)c(C#N)c1CC. The third kappa shape index (κ3) is 2.56. The van der Waals surface area contributed by atoms with Crippen molar-refractivity contribution in [2.24, 2.45) is 0 Å². The number of nitriles is 1. The lowest BCUT2D eigenvalue weighted by atomic mass is 10.0. The lowest BCUT2D eigenvalue weighted by molar-refractivity contribution is 0.145. The van der Waals surface area contributed by atoms with Crippen molar-refractivity contribution in [2.75, 3.05) is 18.0 Å². The van der Waals surface area contributed by atoms with E-state index in [2.05, 4.69) is 9.83 Å². The zero-order valence-electron chi connectivity index (χ0n) is 11.2. The summed E-state index contributed by atoms with van der Waals surface area (Å²) in [6, 6.07) is 2.03. The molecule has 0 bridgehead atoms. The minimum absolute atomic E-state index is 0.151. The van der Waals surface area contributed by atoms with E-state index in [9.17, 15) is 5.11 Å². The molecule has 1 aliphatic heterocycles. The van der Waals surface area contributed by atoms with Crippen molar-refractivity contribution in [1.82, 2.24) is 4.98 Å². The molecule has 1 aromatic heterocycles. The Balaban J connectivity index is 2.52. The second-order valence-electron chi connectivity index (χ2n) is 4.72. The van der Waals surface area contributed by atoms with Gasteiger partial charge in [0.25, 0.3) is 0 Å². The summed E-state index contributed by atoms with van der Waals surface area (Å²) >= 11 is 6.08. The molecule has 0 amide bonds. The first kappa shape index (κ1) is 14.6. The molecule has 0 spiro atoms. The van der Waals surface area contributed by atoms with Gasteiger partial charge in [-0.15, -0.1) is 0 Å². The quantitative estimate of drug-likeness (QED) is 0.672. The molecule has 20 heavy (non-hydrogen) atoms. The molecule has 1 saturated heterocycles. The van der Waals surface area contributed by atoms with E-state index in [-0.39, 0.29) is 11.3 Å². The van der Waals surface area contributed by atoms with Crippen LogP contribution < -0.4 is 4.90 Å². The van der Waals surface area contributed by atoms with Gasteiger partial charge in [-0.05, 0) is 24.8 Å². The van der Waals surface area contributed by atoms with E-state index in [1.807, 2.05) is 17.9 Å². The summed E-state index contributed by atoms with van der Waals surface area (Å²) in [5.74, 6) is 0.535. The second kappa shape index (κ2) is 6.09. The first-order valence-electron chi connectivity index (χ1n) is 6.55. The molecule has 0 saturated carbocycles. The second-order valence-corrected chi connectivity index (χ2v) is 5.08. The summed E-state index contributed by atoms with van der Waals surface area (Å²) < 4.78 is 0. The normalized spacial score (nSPS) is 15.8. The predicted octanol–water partition coefficient (Wildman–Crippen LogP) is 2.68. The van der Waals surface area contributed by atoms with Crippen molar-refractivity contribution < 1.29 is 5.11 Å². The molecule has 1 N–H and O–H groups in total. The number of aliphatic hydroxyl groups is 1. The fraction of sp³-hybridized carbons (Fsp3) is 0.500. The Kier molecular flexibility index (Phi) is 4.44. The van der Waals surface area contributed by atoms with Crippen LogP contribution in [-0.4, -0.2) is 29.3 Å². The molecular weight excluding hydrogens is 276 g/mol. The fourth-order valence-corrected chi connectivity index (χ4v) is 2.69. The minimum atomic E-state index is -0.290. The van der Waals surface area contributed by atoms with E-state index in [1.165, 1.54) is 0 Å². The fourth-order valence-electron chi connectivity index (χ4n) is 2.45. The first-order valence-corrected chi connectivity index (χ1v) is 6.93. The van der Waals surface area contributed by atoms with Crippen molar-refractivity contribution in [1.29, 1.82) is 5.26 Å². The predicted molar refractivity (Wildman–Crippen MR) is 77.1 cm³/mol. The van der Waals surface area contributed by atoms with E-state index in [1.54, 1.807) is 0 Å². The highest BCUT2D eigenvalue weighted by atomic mass is 35.5. The molecule has 2 heterocycles. The maximum atomic E-state index is 9.56. The van der Waals surface area contributed by atoms with Crippen LogP contribution in [0.25, 0.3) is 4.85 Å². The zero-order valence-corrected chi connectivity index (χ0v) is 12.0. The van der Waals surface area contributed by atoms with Gasteiger partial charge in [-0.3, -0.25) is 0 Å².